The number of anilines is 1. The Morgan fingerprint density at radius 3 is 2.70 bits per heavy atom. The Labute approximate surface area is 114 Å². The number of nitrogens with two attached hydrogens (primary N) is 1. The van der Waals surface area contributed by atoms with Crippen LogP contribution in [0, 0.1) is 11.6 Å². The fourth-order valence-electron chi connectivity index (χ4n) is 1.43. The lowest BCUT2D eigenvalue weighted by Gasteiger charge is -2.11. The summed E-state index contributed by atoms with van der Waals surface area (Å²) in [5, 5.41) is 0. The Morgan fingerprint density at radius 1 is 1.20 bits per heavy atom. The molecule has 0 aliphatic rings. The lowest BCUT2D eigenvalue weighted by molar-refractivity contribution is 0.304. The summed E-state index contributed by atoms with van der Waals surface area (Å²) in [5.74, 6) is -2.37. The van der Waals surface area contributed by atoms with Crippen LogP contribution in [0.2, 0.25) is 0 Å². The summed E-state index contributed by atoms with van der Waals surface area (Å²) in [6.45, 7) is 2.35. The average molecular weight is 281 g/mol. The summed E-state index contributed by atoms with van der Waals surface area (Å²) in [4.78, 5) is 7.64. The molecule has 0 bridgehead atoms. The fourth-order valence-corrected chi connectivity index (χ4v) is 1.43. The Hall–Kier alpha value is -2.44. The van der Waals surface area contributed by atoms with Gasteiger partial charge >= 0.3 is 0 Å². The van der Waals surface area contributed by atoms with E-state index in [2.05, 4.69) is 9.97 Å². The summed E-state index contributed by atoms with van der Waals surface area (Å²) in [5.41, 5.74) is 5.80. The molecule has 0 aliphatic heterocycles. The topological polar surface area (TPSA) is 70.3 Å². The molecule has 0 saturated heterocycles. The van der Waals surface area contributed by atoms with Gasteiger partial charge in [-0.1, -0.05) is 13.0 Å². The molecule has 0 atom stereocenters. The zero-order valence-corrected chi connectivity index (χ0v) is 10.8. The summed E-state index contributed by atoms with van der Waals surface area (Å²) < 4.78 is 37.1. The second kappa shape index (κ2) is 6.14. The van der Waals surface area contributed by atoms with E-state index in [-0.39, 0.29) is 23.2 Å². The van der Waals surface area contributed by atoms with Crippen LogP contribution >= 0.6 is 0 Å². The lowest BCUT2D eigenvalue weighted by Crippen LogP contribution is -2.04. The second-order valence-corrected chi connectivity index (χ2v) is 3.90. The zero-order chi connectivity index (χ0) is 14.5. The molecule has 20 heavy (non-hydrogen) atoms. The minimum absolute atomic E-state index is 0.0320. The molecule has 0 spiro atoms. The van der Waals surface area contributed by atoms with E-state index in [1.54, 1.807) is 0 Å². The fraction of sp³-hybridized carbons (Fsp3) is 0.231. The highest BCUT2D eigenvalue weighted by molar-refractivity contribution is 5.56. The number of rotatable bonds is 5. The molecular weight excluding hydrogens is 268 g/mol. The van der Waals surface area contributed by atoms with Gasteiger partial charge in [0.1, 0.15) is 6.33 Å². The SMILES string of the molecule is CCCOc1ncnc(Oc2cccc(F)c2F)c1N. The van der Waals surface area contributed by atoms with E-state index >= 15 is 0 Å². The molecule has 5 nitrogen and oxygen atoms in total. The third-order valence-corrected chi connectivity index (χ3v) is 2.38. The quantitative estimate of drug-likeness (QED) is 0.912. The van der Waals surface area contributed by atoms with Crippen molar-refractivity contribution < 1.29 is 18.3 Å². The van der Waals surface area contributed by atoms with Crippen LogP contribution in [0.1, 0.15) is 13.3 Å². The molecule has 0 saturated carbocycles. The number of ether oxygens (including phenoxy) is 2. The van der Waals surface area contributed by atoms with Gasteiger partial charge in [0.05, 0.1) is 6.61 Å². The van der Waals surface area contributed by atoms with E-state index < -0.39 is 11.6 Å². The van der Waals surface area contributed by atoms with Crippen LogP contribution in [0.15, 0.2) is 24.5 Å². The molecule has 1 aromatic heterocycles. The normalized spacial score (nSPS) is 10.3. The van der Waals surface area contributed by atoms with Gasteiger partial charge in [-0.15, -0.1) is 0 Å². The molecule has 0 aliphatic carbocycles. The number of aromatic nitrogens is 2. The molecule has 0 fully saturated rings. The Bertz CT molecular complexity index is 608. The van der Waals surface area contributed by atoms with Gasteiger partial charge in [0, 0.05) is 0 Å². The van der Waals surface area contributed by atoms with Crippen molar-refractivity contribution >= 4 is 5.69 Å². The maximum atomic E-state index is 13.5. The number of nitrogens with zero attached hydrogens (tertiary/aromatic N) is 2. The molecule has 2 aromatic rings. The zero-order valence-electron chi connectivity index (χ0n) is 10.8. The lowest BCUT2D eigenvalue weighted by atomic mass is 10.3. The summed E-state index contributed by atoms with van der Waals surface area (Å²) >= 11 is 0. The largest absolute Gasteiger partial charge is 0.476 e. The van der Waals surface area contributed by atoms with Crippen molar-refractivity contribution in [3.8, 4) is 17.5 Å². The van der Waals surface area contributed by atoms with Gasteiger partial charge in [-0.25, -0.2) is 4.39 Å². The van der Waals surface area contributed by atoms with Crippen molar-refractivity contribution in [3.63, 3.8) is 0 Å². The Morgan fingerprint density at radius 2 is 1.95 bits per heavy atom. The van der Waals surface area contributed by atoms with Gasteiger partial charge < -0.3 is 15.2 Å². The van der Waals surface area contributed by atoms with Gasteiger partial charge in [0.25, 0.3) is 0 Å². The van der Waals surface area contributed by atoms with Crippen molar-refractivity contribution in [2.75, 3.05) is 12.3 Å². The van der Waals surface area contributed by atoms with Gasteiger partial charge in [-0.05, 0) is 18.6 Å². The van der Waals surface area contributed by atoms with Crippen LogP contribution in [0.5, 0.6) is 17.5 Å². The first-order chi connectivity index (χ1) is 9.63. The van der Waals surface area contributed by atoms with Crippen molar-refractivity contribution in [3.05, 3.63) is 36.2 Å². The first-order valence-corrected chi connectivity index (χ1v) is 5.98. The molecular formula is C13H13F2N3O2. The van der Waals surface area contributed by atoms with Crippen LogP contribution in [-0.4, -0.2) is 16.6 Å². The van der Waals surface area contributed by atoms with E-state index in [1.165, 1.54) is 18.5 Å². The molecule has 1 heterocycles. The molecule has 2 N–H and O–H groups in total. The molecule has 1 aromatic carbocycles. The van der Waals surface area contributed by atoms with Crippen molar-refractivity contribution in [2.24, 2.45) is 0 Å². The van der Waals surface area contributed by atoms with Gasteiger partial charge in [0.15, 0.2) is 17.3 Å². The van der Waals surface area contributed by atoms with E-state index in [4.69, 9.17) is 15.2 Å². The minimum atomic E-state index is -1.11. The number of halogens is 2. The van der Waals surface area contributed by atoms with Crippen LogP contribution in [0.4, 0.5) is 14.5 Å². The minimum Gasteiger partial charge on any atom is -0.476 e. The third-order valence-electron chi connectivity index (χ3n) is 2.38. The van der Waals surface area contributed by atoms with Crippen LogP contribution in [0.3, 0.4) is 0 Å². The predicted octanol–water partition coefficient (Wildman–Crippen LogP) is 2.92. The number of benzene rings is 1. The summed E-state index contributed by atoms with van der Waals surface area (Å²) in [7, 11) is 0. The average Bonchev–Trinajstić information content (AvgIpc) is 2.44. The van der Waals surface area contributed by atoms with E-state index in [0.29, 0.717) is 6.61 Å². The Balaban J connectivity index is 2.27. The first-order valence-electron chi connectivity index (χ1n) is 5.98. The van der Waals surface area contributed by atoms with Gasteiger partial charge in [0.2, 0.25) is 17.6 Å². The monoisotopic (exact) mass is 281 g/mol. The highest BCUT2D eigenvalue weighted by Gasteiger charge is 2.15. The summed E-state index contributed by atoms with van der Waals surface area (Å²) in [6, 6.07) is 3.58. The maximum absolute atomic E-state index is 13.5. The van der Waals surface area contributed by atoms with Crippen LogP contribution < -0.4 is 15.2 Å². The number of hydrogen-bond acceptors (Lipinski definition) is 5. The van der Waals surface area contributed by atoms with E-state index in [9.17, 15) is 8.78 Å². The number of nitrogen functional groups attached to an aromatic ring is 1. The molecule has 0 unspecified atom stereocenters. The highest BCUT2D eigenvalue weighted by Crippen LogP contribution is 2.32. The van der Waals surface area contributed by atoms with Crippen molar-refractivity contribution in [1.29, 1.82) is 0 Å². The molecule has 2 rings (SSSR count). The van der Waals surface area contributed by atoms with E-state index in [0.717, 1.165) is 12.5 Å². The smallest absolute Gasteiger partial charge is 0.249 e. The molecule has 0 amide bonds. The second-order valence-electron chi connectivity index (χ2n) is 3.90. The predicted molar refractivity (Wildman–Crippen MR) is 68.7 cm³/mol. The molecule has 7 heteroatoms. The van der Waals surface area contributed by atoms with Gasteiger partial charge in [-0.2, -0.15) is 14.4 Å². The third kappa shape index (κ3) is 2.93. The highest BCUT2D eigenvalue weighted by atomic mass is 19.2. The number of hydrogen-bond donors (Lipinski definition) is 1. The van der Waals surface area contributed by atoms with Crippen molar-refractivity contribution in [1.82, 2.24) is 9.97 Å². The van der Waals surface area contributed by atoms with Gasteiger partial charge in [-0.3, -0.25) is 0 Å². The van der Waals surface area contributed by atoms with Crippen molar-refractivity contribution in [2.45, 2.75) is 13.3 Å². The van der Waals surface area contributed by atoms with Crippen LogP contribution in [-0.2, 0) is 0 Å². The summed E-state index contributed by atoms with van der Waals surface area (Å²) in [6.07, 6.45) is 1.95. The maximum Gasteiger partial charge on any atom is 0.249 e. The standard InChI is InChI=1S/C13H13F2N3O2/c1-2-6-19-12-11(16)13(18-7-17-12)20-9-5-3-4-8(14)10(9)15/h3-5,7H,2,6,16H2,1H3. The molecule has 0 radical (unpaired) electrons. The van der Waals surface area contributed by atoms with E-state index in [1.807, 2.05) is 6.92 Å². The Kier molecular flexibility index (Phi) is 4.29. The first kappa shape index (κ1) is 14.0. The molecule has 106 valence electrons. The van der Waals surface area contributed by atoms with Crippen LogP contribution in [0.25, 0.3) is 0 Å².